The maximum absolute atomic E-state index is 12.4. The van der Waals surface area contributed by atoms with E-state index in [0.717, 1.165) is 25.2 Å². The Hall–Kier alpha value is -1.59. The quantitative estimate of drug-likeness (QED) is 0.331. The van der Waals surface area contributed by atoms with Crippen molar-refractivity contribution in [3.05, 3.63) is 0 Å². The average molecular weight is 504 g/mol. The van der Waals surface area contributed by atoms with Crippen molar-refractivity contribution < 1.29 is 23.9 Å². The van der Waals surface area contributed by atoms with Crippen LogP contribution in [0, 0.1) is 52.3 Å². The minimum atomic E-state index is -0.299. The van der Waals surface area contributed by atoms with Crippen LogP contribution in [0.15, 0.2) is 0 Å². The zero-order valence-corrected chi connectivity index (χ0v) is 23.2. The van der Waals surface area contributed by atoms with E-state index in [1.807, 2.05) is 0 Å². The van der Waals surface area contributed by atoms with E-state index >= 15 is 0 Å². The van der Waals surface area contributed by atoms with Crippen LogP contribution < -0.4 is 5.32 Å². The summed E-state index contributed by atoms with van der Waals surface area (Å²) >= 11 is 0. The molecular formula is C30H49NO5. The fourth-order valence-corrected chi connectivity index (χ4v) is 9.66. The molecule has 0 aromatic heterocycles. The number of ether oxygens (including phenoxy) is 2. The Bertz CT molecular complexity index is 815. The largest absolute Gasteiger partial charge is 0.469 e. The van der Waals surface area contributed by atoms with Gasteiger partial charge in [0.15, 0.2) is 0 Å². The molecule has 1 N–H and O–H groups in total. The van der Waals surface area contributed by atoms with E-state index in [1.165, 1.54) is 52.1 Å². The van der Waals surface area contributed by atoms with Gasteiger partial charge in [-0.05, 0) is 97.7 Å². The van der Waals surface area contributed by atoms with Crippen molar-refractivity contribution in [2.75, 3.05) is 13.7 Å². The molecule has 4 fully saturated rings. The number of fused-ring (bicyclic) bond motifs is 5. The summed E-state index contributed by atoms with van der Waals surface area (Å²) in [7, 11) is 1.36. The van der Waals surface area contributed by atoms with Gasteiger partial charge in [-0.1, -0.05) is 34.1 Å². The lowest BCUT2D eigenvalue weighted by Gasteiger charge is -2.62. The van der Waals surface area contributed by atoms with Gasteiger partial charge in [-0.25, -0.2) is 0 Å². The molecule has 0 aromatic carbocycles. The third kappa shape index (κ3) is 5.07. The third-order valence-corrected chi connectivity index (χ3v) is 11.6. The van der Waals surface area contributed by atoms with Gasteiger partial charge in [-0.2, -0.15) is 0 Å². The standard InChI is InChI=1S/C30H49NO5/c1-19-10-13-29(3)21(16-19)17-25(36-18-32)28-23-8-7-22(30(23,4)14-11-24(28)29)20(2)6-9-26(33)31-15-12-27(34)35-5/h18-25,28H,6-17H2,1-5H3,(H,31,33)/t19-,20-,21+,22-,23?,24?,25+,28+,29+,30-/m1/s1. The number of nitrogens with one attached hydrogen (secondary N) is 1. The highest BCUT2D eigenvalue weighted by Gasteiger charge is 2.63. The van der Waals surface area contributed by atoms with Crippen LogP contribution in [0.25, 0.3) is 0 Å². The Morgan fingerprint density at radius 1 is 1.03 bits per heavy atom. The van der Waals surface area contributed by atoms with Gasteiger partial charge in [0, 0.05) is 18.9 Å². The van der Waals surface area contributed by atoms with E-state index in [4.69, 9.17) is 4.74 Å². The van der Waals surface area contributed by atoms with Crippen molar-refractivity contribution in [2.45, 2.75) is 104 Å². The lowest BCUT2D eigenvalue weighted by molar-refractivity contribution is -0.184. The van der Waals surface area contributed by atoms with Crippen LogP contribution in [-0.2, 0) is 23.9 Å². The molecule has 4 aliphatic carbocycles. The number of esters is 1. The summed E-state index contributed by atoms with van der Waals surface area (Å²) in [6.07, 6.45) is 11.6. The van der Waals surface area contributed by atoms with E-state index in [9.17, 15) is 14.4 Å². The summed E-state index contributed by atoms with van der Waals surface area (Å²) < 4.78 is 10.5. The lowest BCUT2D eigenvalue weighted by atomic mass is 9.43. The maximum Gasteiger partial charge on any atom is 0.307 e. The molecule has 4 aliphatic rings. The van der Waals surface area contributed by atoms with Gasteiger partial charge in [0.1, 0.15) is 6.10 Å². The second-order valence-corrected chi connectivity index (χ2v) is 13.3. The van der Waals surface area contributed by atoms with Gasteiger partial charge in [0.2, 0.25) is 5.91 Å². The van der Waals surface area contributed by atoms with Gasteiger partial charge in [-0.15, -0.1) is 0 Å². The third-order valence-electron chi connectivity index (χ3n) is 11.6. The Kier molecular flexibility index (Phi) is 8.41. The van der Waals surface area contributed by atoms with Gasteiger partial charge < -0.3 is 14.8 Å². The Labute approximate surface area is 218 Å². The summed E-state index contributed by atoms with van der Waals surface area (Å²) in [5, 5.41) is 2.86. The topological polar surface area (TPSA) is 81.7 Å². The normalized spacial score (nSPS) is 42.3. The summed E-state index contributed by atoms with van der Waals surface area (Å²) in [5.74, 6) is 3.96. The SMILES string of the molecule is COC(=O)CCNC(=O)CC[C@@H](C)[C@H]1CCC2[C@H]3C(CC[C@@]21C)[C@@]1(C)CC[C@@H](C)C[C@H]1C[C@@H]3OC=O. The van der Waals surface area contributed by atoms with E-state index in [0.29, 0.717) is 53.9 Å². The van der Waals surface area contributed by atoms with Crippen molar-refractivity contribution in [1.82, 2.24) is 5.32 Å². The van der Waals surface area contributed by atoms with Crippen molar-refractivity contribution in [3.63, 3.8) is 0 Å². The monoisotopic (exact) mass is 503 g/mol. The number of hydrogen-bond acceptors (Lipinski definition) is 5. The first-order valence-corrected chi connectivity index (χ1v) is 14.6. The zero-order chi connectivity index (χ0) is 26.1. The molecule has 0 spiro atoms. The average Bonchev–Trinajstić information content (AvgIpc) is 3.20. The molecule has 0 bridgehead atoms. The van der Waals surface area contributed by atoms with Crippen LogP contribution in [0.4, 0.5) is 0 Å². The number of rotatable bonds is 9. The molecule has 0 aromatic rings. The summed E-state index contributed by atoms with van der Waals surface area (Å²) in [5.41, 5.74) is 0.630. The first-order chi connectivity index (χ1) is 17.1. The molecule has 1 amide bonds. The van der Waals surface area contributed by atoms with Crippen LogP contribution >= 0.6 is 0 Å². The summed E-state index contributed by atoms with van der Waals surface area (Å²) in [6, 6.07) is 0. The Morgan fingerprint density at radius 3 is 2.47 bits per heavy atom. The molecular weight excluding hydrogens is 454 g/mol. The van der Waals surface area contributed by atoms with Crippen LogP contribution in [-0.4, -0.2) is 38.1 Å². The summed E-state index contributed by atoms with van der Waals surface area (Å²) in [6.45, 7) is 10.8. The Balaban J connectivity index is 1.42. The van der Waals surface area contributed by atoms with Crippen molar-refractivity contribution in [2.24, 2.45) is 52.3 Å². The molecule has 6 heteroatoms. The molecule has 0 saturated heterocycles. The smallest absolute Gasteiger partial charge is 0.307 e. The maximum atomic E-state index is 12.4. The van der Waals surface area contributed by atoms with Gasteiger partial charge in [0.25, 0.3) is 6.47 Å². The molecule has 204 valence electrons. The first kappa shape index (κ1) is 27.4. The van der Waals surface area contributed by atoms with Crippen molar-refractivity contribution >= 4 is 18.3 Å². The Morgan fingerprint density at radius 2 is 1.75 bits per heavy atom. The number of amides is 1. The van der Waals surface area contributed by atoms with E-state index in [1.54, 1.807) is 0 Å². The first-order valence-electron chi connectivity index (χ1n) is 14.6. The minimum Gasteiger partial charge on any atom is -0.469 e. The fourth-order valence-electron chi connectivity index (χ4n) is 9.66. The predicted octanol–water partition coefficient (Wildman–Crippen LogP) is 5.53. The molecule has 2 unspecified atom stereocenters. The minimum absolute atomic E-state index is 0.0198. The van der Waals surface area contributed by atoms with Gasteiger partial charge in [0.05, 0.1) is 13.5 Å². The van der Waals surface area contributed by atoms with Crippen LogP contribution in [0.2, 0.25) is 0 Å². The second-order valence-electron chi connectivity index (χ2n) is 13.3. The zero-order valence-electron chi connectivity index (χ0n) is 23.2. The van der Waals surface area contributed by atoms with Crippen LogP contribution in [0.1, 0.15) is 98.3 Å². The molecule has 0 aliphatic heterocycles. The van der Waals surface area contributed by atoms with E-state index in [2.05, 4.69) is 37.7 Å². The van der Waals surface area contributed by atoms with Crippen molar-refractivity contribution in [1.29, 1.82) is 0 Å². The molecule has 10 atom stereocenters. The highest BCUT2D eigenvalue weighted by atomic mass is 16.5. The lowest BCUT2D eigenvalue weighted by Crippen LogP contribution is -2.58. The summed E-state index contributed by atoms with van der Waals surface area (Å²) in [4.78, 5) is 35.2. The molecule has 0 heterocycles. The van der Waals surface area contributed by atoms with E-state index < -0.39 is 0 Å². The highest BCUT2D eigenvalue weighted by molar-refractivity contribution is 5.77. The van der Waals surface area contributed by atoms with Gasteiger partial charge >= 0.3 is 5.97 Å². The highest BCUT2D eigenvalue weighted by Crippen LogP contribution is 2.69. The molecule has 6 nitrogen and oxygen atoms in total. The van der Waals surface area contributed by atoms with Gasteiger partial charge in [-0.3, -0.25) is 14.4 Å². The molecule has 4 rings (SSSR count). The van der Waals surface area contributed by atoms with Crippen LogP contribution in [0.5, 0.6) is 0 Å². The second kappa shape index (κ2) is 11.0. The van der Waals surface area contributed by atoms with E-state index in [-0.39, 0.29) is 29.8 Å². The molecule has 4 saturated carbocycles. The number of carbonyl (C=O) groups excluding carboxylic acids is 3. The molecule has 36 heavy (non-hydrogen) atoms. The molecule has 0 radical (unpaired) electrons. The fraction of sp³-hybridized carbons (Fsp3) is 0.900. The number of hydrogen-bond donors (Lipinski definition) is 1. The predicted molar refractivity (Wildman–Crippen MR) is 139 cm³/mol. The van der Waals surface area contributed by atoms with Crippen LogP contribution in [0.3, 0.4) is 0 Å². The number of carbonyl (C=O) groups is 3. The van der Waals surface area contributed by atoms with Crippen molar-refractivity contribution in [3.8, 4) is 0 Å². The number of methoxy groups -OCH3 is 1.